The highest BCUT2D eigenvalue weighted by atomic mass is 32.1. The molecule has 0 saturated carbocycles. The number of thiophene rings is 1. The third kappa shape index (κ3) is 4.05. The van der Waals surface area contributed by atoms with E-state index in [1.807, 2.05) is 11.4 Å². The van der Waals surface area contributed by atoms with Gasteiger partial charge in [-0.25, -0.2) is 4.98 Å². The van der Waals surface area contributed by atoms with E-state index in [1.54, 1.807) is 11.3 Å². The molecule has 2 aromatic heterocycles. The summed E-state index contributed by atoms with van der Waals surface area (Å²) >= 11 is 1.69. The van der Waals surface area contributed by atoms with Crippen LogP contribution in [0, 0.1) is 0 Å². The van der Waals surface area contributed by atoms with Gasteiger partial charge >= 0.3 is 6.18 Å². The Hall–Kier alpha value is -2.09. The second-order valence-corrected chi connectivity index (χ2v) is 6.51. The van der Waals surface area contributed by atoms with Crippen LogP contribution in [0.5, 0.6) is 5.88 Å². The number of aromatic nitrogens is 1. The second kappa shape index (κ2) is 6.80. The van der Waals surface area contributed by atoms with Crippen molar-refractivity contribution in [3.05, 3.63) is 45.8 Å². The van der Waals surface area contributed by atoms with Gasteiger partial charge in [-0.1, -0.05) is 0 Å². The lowest BCUT2D eigenvalue weighted by Crippen LogP contribution is -2.30. The molecule has 1 aliphatic carbocycles. The van der Waals surface area contributed by atoms with Gasteiger partial charge in [0, 0.05) is 17.1 Å². The summed E-state index contributed by atoms with van der Waals surface area (Å²) in [6.45, 7) is -1.41. The largest absolute Gasteiger partial charge is 0.468 e. The number of nitrogens with one attached hydrogen (secondary N) is 1. The molecule has 0 radical (unpaired) electrons. The van der Waals surface area contributed by atoms with Crippen LogP contribution >= 0.6 is 11.3 Å². The Morgan fingerprint density at radius 1 is 1.38 bits per heavy atom. The molecule has 1 atom stereocenters. The molecule has 24 heavy (non-hydrogen) atoms. The van der Waals surface area contributed by atoms with Crippen LogP contribution < -0.4 is 10.1 Å². The first-order valence-corrected chi connectivity index (χ1v) is 8.33. The molecule has 0 aromatic carbocycles. The number of nitrogens with zero attached hydrogens (tertiary/aromatic N) is 1. The fraction of sp³-hybridized carbons (Fsp3) is 0.375. The molecule has 1 aliphatic rings. The van der Waals surface area contributed by atoms with Gasteiger partial charge in [0.05, 0.1) is 11.6 Å². The topological polar surface area (TPSA) is 51.2 Å². The third-order valence-electron chi connectivity index (χ3n) is 3.74. The molecule has 0 fully saturated rings. The molecule has 1 N–H and O–H groups in total. The molecule has 128 valence electrons. The Morgan fingerprint density at radius 3 is 2.92 bits per heavy atom. The molecule has 8 heteroatoms. The van der Waals surface area contributed by atoms with Crippen LogP contribution in [0.25, 0.3) is 0 Å². The number of amides is 1. The molecule has 0 saturated heterocycles. The zero-order chi connectivity index (χ0) is 17.2. The first kappa shape index (κ1) is 16.8. The minimum atomic E-state index is -4.42. The summed E-state index contributed by atoms with van der Waals surface area (Å²) in [5.41, 5.74) is 1.44. The van der Waals surface area contributed by atoms with Crippen molar-refractivity contribution in [2.75, 3.05) is 6.61 Å². The Labute approximate surface area is 140 Å². The van der Waals surface area contributed by atoms with Crippen molar-refractivity contribution in [3.63, 3.8) is 0 Å². The number of pyridine rings is 1. The molecule has 2 heterocycles. The number of hydrogen-bond acceptors (Lipinski definition) is 4. The van der Waals surface area contributed by atoms with E-state index >= 15 is 0 Å². The Balaban J connectivity index is 1.62. The van der Waals surface area contributed by atoms with E-state index in [0.29, 0.717) is 0 Å². The van der Waals surface area contributed by atoms with Gasteiger partial charge in [-0.2, -0.15) is 13.2 Å². The number of aryl methyl sites for hydroxylation is 1. The van der Waals surface area contributed by atoms with Crippen LogP contribution in [-0.2, 0) is 6.42 Å². The molecule has 0 bridgehead atoms. The maximum atomic E-state index is 12.3. The van der Waals surface area contributed by atoms with E-state index in [9.17, 15) is 18.0 Å². The molecular formula is C16H15F3N2O2S. The van der Waals surface area contributed by atoms with Gasteiger partial charge in [0.2, 0.25) is 5.88 Å². The summed E-state index contributed by atoms with van der Waals surface area (Å²) in [6.07, 6.45) is -0.280. The lowest BCUT2D eigenvalue weighted by atomic mass is 9.94. The lowest BCUT2D eigenvalue weighted by molar-refractivity contribution is -0.154. The predicted octanol–water partition coefficient (Wildman–Crippen LogP) is 3.89. The predicted molar refractivity (Wildman–Crippen MR) is 83.3 cm³/mol. The van der Waals surface area contributed by atoms with E-state index in [-0.39, 0.29) is 23.4 Å². The van der Waals surface area contributed by atoms with Crippen molar-refractivity contribution in [1.29, 1.82) is 0 Å². The van der Waals surface area contributed by atoms with Crippen molar-refractivity contribution < 1.29 is 22.7 Å². The normalized spacial score (nSPS) is 17.2. The summed E-state index contributed by atoms with van der Waals surface area (Å²) in [4.78, 5) is 17.3. The van der Waals surface area contributed by atoms with Crippen molar-refractivity contribution in [3.8, 4) is 5.88 Å². The number of alkyl halides is 3. The Morgan fingerprint density at radius 2 is 2.21 bits per heavy atom. The second-order valence-electron chi connectivity index (χ2n) is 5.51. The minimum absolute atomic E-state index is 0.0337. The summed E-state index contributed by atoms with van der Waals surface area (Å²) in [5.74, 6) is -0.462. The highest BCUT2D eigenvalue weighted by Crippen LogP contribution is 2.33. The number of carbonyl (C=O) groups excluding carboxylic acids is 1. The van der Waals surface area contributed by atoms with Crippen molar-refractivity contribution in [1.82, 2.24) is 10.3 Å². The van der Waals surface area contributed by atoms with E-state index in [2.05, 4.69) is 15.0 Å². The fourth-order valence-corrected chi connectivity index (χ4v) is 3.62. The molecular weight excluding hydrogens is 341 g/mol. The number of rotatable bonds is 4. The highest BCUT2D eigenvalue weighted by molar-refractivity contribution is 7.10. The standard InChI is InChI=1S/C16H15F3N2O2S/c17-16(18,19)9-23-14-5-4-10(8-20-14)15(22)21-12-2-1-3-13-11(12)6-7-24-13/h4-8,12H,1-3,9H2,(H,21,22). The van der Waals surface area contributed by atoms with Gasteiger partial charge in [0.1, 0.15) is 0 Å². The number of halogens is 3. The van der Waals surface area contributed by atoms with Crippen molar-refractivity contribution >= 4 is 17.2 Å². The molecule has 3 rings (SSSR count). The molecule has 2 aromatic rings. The van der Waals surface area contributed by atoms with Gasteiger partial charge in [0.15, 0.2) is 6.61 Å². The van der Waals surface area contributed by atoms with Crippen LogP contribution in [0.1, 0.15) is 39.7 Å². The SMILES string of the molecule is O=C(NC1CCCc2sccc21)c1ccc(OCC(F)(F)F)nc1. The van der Waals surface area contributed by atoms with Gasteiger partial charge in [-0.3, -0.25) is 4.79 Å². The van der Waals surface area contributed by atoms with Crippen LogP contribution in [0.15, 0.2) is 29.8 Å². The van der Waals surface area contributed by atoms with Gasteiger partial charge < -0.3 is 10.1 Å². The van der Waals surface area contributed by atoms with E-state index in [1.165, 1.54) is 23.2 Å². The van der Waals surface area contributed by atoms with Crippen LogP contribution in [0.4, 0.5) is 13.2 Å². The molecule has 0 spiro atoms. The number of hydrogen-bond donors (Lipinski definition) is 1. The van der Waals surface area contributed by atoms with Gasteiger partial charge in [0.25, 0.3) is 5.91 Å². The third-order valence-corrected chi connectivity index (χ3v) is 4.74. The average molecular weight is 356 g/mol. The molecule has 1 amide bonds. The van der Waals surface area contributed by atoms with E-state index in [0.717, 1.165) is 24.8 Å². The van der Waals surface area contributed by atoms with Crippen molar-refractivity contribution in [2.24, 2.45) is 0 Å². The summed E-state index contributed by atoms with van der Waals surface area (Å²) in [6, 6.07) is 4.66. The van der Waals surface area contributed by atoms with Crippen LogP contribution in [-0.4, -0.2) is 23.7 Å². The number of fused-ring (bicyclic) bond motifs is 1. The summed E-state index contributed by atoms with van der Waals surface area (Å²) in [7, 11) is 0. The Kier molecular flexibility index (Phi) is 4.75. The quantitative estimate of drug-likeness (QED) is 0.904. The monoisotopic (exact) mass is 356 g/mol. The minimum Gasteiger partial charge on any atom is -0.468 e. The average Bonchev–Trinajstić information content (AvgIpc) is 3.02. The Bertz CT molecular complexity index is 713. The maximum Gasteiger partial charge on any atom is 0.422 e. The summed E-state index contributed by atoms with van der Waals surface area (Å²) in [5, 5.41) is 4.98. The lowest BCUT2D eigenvalue weighted by Gasteiger charge is -2.23. The molecule has 0 aliphatic heterocycles. The number of carbonyl (C=O) groups is 1. The summed E-state index contributed by atoms with van der Waals surface area (Å²) < 4.78 is 40.8. The van der Waals surface area contributed by atoms with Gasteiger partial charge in [-0.15, -0.1) is 11.3 Å². The molecule has 4 nitrogen and oxygen atoms in total. The smallest absolute Gasteiger partial charge is 0.422 e. The maximum absolute atomic E-state index is 12.3. The van der Waals surface area contributed by atoms with Crippen LogP contribution in [0.2, 0.25) is 0 Å². The number of ether oxygens (including phenoxy) is 1. The first-order valence-electron chi connectivity index (χ1n) is 7.45. The van der Waals surface area contributed by atoms with Gasteiger partial charge in [-0.05, 0) is 42.3 Å². The highest BCUT2D eigenvalue weighted by Gasteiger charge is 2.28. The van der Waals surface area contributed by atoms with Crippen molar-refractivity contribution in [2.45, 2.75) is 31.5 Å². The molecule has 1 unspecified atom stereocenters. The van der Waals surface area contributed by atoms with E-state index in [4.69, 9.17) is 0 Å². The van der Waals surface area contributed by atoms with Crippen LogP contribution in [0.3, 0.4) is 0 Å². The first-order chi connectivity index (χ1) is 11.4. The zero-order valence-corrected chi connectivity index (χ0v) is 13.4. The van der Waals surface area contributed by atoms with E-state index < -0.39 is 12.8 Å². The zero-order valence-electron chi connectivity index (χ0n) is 12.6. The fourth-order valence-electron chi connectivity index (χ4n) is 2.63.